The van der Waals surface area contributed by atoms with Gasteiger partial charge in [-0.15, -0.1) is 0 Å². The van der Waals surface area contributed by atoms with Crippen LogP contribution in [0.15, 0.2) is 42.5 Å². The van der Waals surface area contributed by atoms with Gasteiger partial charge in [0.25, 0.3) is 5.91 Å². The van der Waals surface area contributed by atoms with Gasteiger partial charge in [-0.2, -0.15) is 0 Å². The molecule has 4 heteroatoms. The number of hydrogen-bond donors (Lipinski definition) is 1. The lowest BCUT2D eigenvalue weighted by Crippen LogP contribution is -2.47. The van der Waals surface area contributed by atoms with Gasteiger partial charge in [-0.25, -0.2) is 0 Å². The summed E-state index contributed by atoms with van der Waals surface area (Å²) in [6.07, 6.45) is 2.22. The van der Waals surface area contributed by atoms with E-state index in [-0.39, 0.29) is 11.9 Å². The van der Waals surface area contributed by atoms with Crippen molar-refractivity contribution >= 4 is 16.7 Å². The predicted octanol–water partition coefficient (Wildman–Crippen LogP) is 3.21. The SMILES string of the molecule is CCC(Oc1cccc2ccccc12)C(=O)NC1CCN(C)CC1. The molecule has 2 aromatic carbocycles. The van der Waals surface area contributed by atoms with Gasteiger partial charge in [0, 0.05) is 11.4 Å². The summed E-state index contributed by atoms with van der Waals surface area (Å²) in [7, 11) is 2.12. The van der Waals surface area contributed by atoms with E-state index in [0.29, 0.717) is 6.42 Å². The lowest BCUT2D eigenvalue weighted by molar-refractivity contribution is -0.129. The second-order valence-corrected chi connectivity index (χ2v) is 6.58. The smallest absolute Gasteiger partial charge is 0.261 e. The molecule has 24 heavy (non-hydrogen) atoms. The molecule has 3 rings (SSSR count). The van der Waals surface area contributed by atoms with Crippen molar-refractivity contribution < 1.29 is 9.53 Å². The minimum atomic E-state index is -0.449. The zero-order valence-electron chi connectivity index (χ0n) is 14.5. The number of benzene rings is 2. The summed E-state index contributed by atoms with van der Waals surface area (Å²) in [5.74, 6) is 0.776. The third-order valence-corrected chi connectivity index (χ3v) is 4.75. The zero-order valence-corrected chi connectivity index (χ0v) is 14.5. The number of fused-ring (bicyclic) bond motifs is 1. The first kappa shape index (κ1) is 16.8. The van der Waals surface area contributed by atoms with Crippen molar-refractivity contribution in [3.8, 4) is 5.75 Å². The van der Waals surface area contributed by atoms with Gasteiger partial charge in [0.15, 0.2) is 6.10 Å². The van der Waals surface area contributed by atoms with Crippen LogP contribution in [0.2, 0.25) is 0 Å². The van der Waals surface area contributed by atoms with Crippen LogP contribution < -0.4 is 10.1 Å². The Morgan fingerprint density at radius 1 is 1.21 bits per heavy atom. The fraction of sp³-hybridized carbons (Fsp3) is 0.450. The highest BCUT2D eigenvalue weighted by Gasteiger charge is 2.24. The summed E-state index contributed by atoms with van der Waals surface area (Å²) in [5, 5.41) is 5.34. The van der Waals surface area contributed by atoms with E-state index in [0.717, 1.165) is 42.5 Å². The lowest BCUT2D eigenvalue weighted by Gasteiger charge is -2.30. The molecule has 1 saturated heterocycles. The number of ether oxygens (including phenoxy) is 1. The average Bonchev–Trinajstić information content (AvgIpc) is 2.61. The standard InChI is InChI=1S/C20H26N2O2/c1-3-18(20(23)21-16-11-13-22(2)14-12-16)24-19-10-6-8-15-7-4-5-9-17(15)19/h4-10,16,18H,3,11-14H2,1-2H3,(H,21,23). The fourth-order valence-electron chi connectivity index (χ4n) is 3.22. The Morgan fingerprint density at radius 2 is 1.92 bits per heavy atom. The number of carbonyl (C=O) groups is 1. The van der Waals surface area contributed by atoms with Crippen molar-refractivity contribution in [2.24, 2.45) is 0 Å². The first-order valence-electron chi connectivity index (χ1n) is 8.80. The second-order valence-electron chi connectivity index (χ2n) is 6.58. The van der Waals surface area contributed by atoms with E-state index in [4.69, 9.17) is 4.74 Å². The van der Waals surface area contributed by atoms with E-state index < -0.39 is 6.10 Å². The Balaban J connectivity index is 1.68. The van der Waals surface area contributed by atoms with Crippen LogP contribution in [0.1, 0.15) is 26.2 Å². The molecular weight excluding hydrogens is 300 g/mol. The Labute approximate surface area is 143 Å². The molecule has 0 bridgehead atoms. The van der Waals surface area contributed by atoms with Gasteiger partial charge in [0.05, 0.1) is 0 Å². The normalized spacial score (nSPS) is 17.6. The molecule has 4 nitrogen and oxygen atoms in total. The quantitative estimate of drug-likeness (QED) is 0.917. The topological polar surface area (TPSA) is 41.6 Å². The number of nitrogens with zero attached hydrogens (tertiary/aromatic N) is 1. The highest BCUT2D eigenvalue weighted by Crippen LogP contribution is 2.26. The lowest BCUT2D eigenvalue weighted by atomic mass is 10.0. The molecular formula is C20H26N2O2. The number of amides is 1. The van der Waals surface area contributed by atoms with Crippen LogP contribution in [-0.2, 0) is 4.79 Å². The number of likely N-dealkylation sites (tertiary alicyclic amines) is 1. The van der Waals surface area contributed by atoms with E-state index in [1.54, 1.807) is 0 Å². The molecule has 0 aromatic heterocycles. The van der Waals surface area contributed by atoms with Crippen LogP contribution in [0, 0.1) is 0 Å². The number of piperidine rings is 1. The molecule has 2 aromatic rings. The molecule has 0 radical (unpaired) electrons. The van der Waals surface area contributed by atoms with Crippen LogP contribution in [0.5, 0.6) is 5.75 Å². The van der Waals surface area contributed by atoms with Gasteiger partial charge >= 0.3 is 0 Å². The van der Waals surface area contributed by atoms with E-state index in [1.807, 2.05) is 37.3 Å². The molecule has 1 aliphatic rings. The Hall–Kier alpha value is -2.07. The van der Waals surface area contributed by atoms with Gasteiger partial charge in [0.1, 0.15) is 5.75 Å². The van der Waals surface area contributed by atoms with E-state index in [2.05, 4.69) is 29.4 Å². The molecule has 1 unspecified atom stereocenters. The molecule has 1 fully saturated rings. The summed E-state index contributed by atoms with van der Waals surface area (Å²) >= 11 is 0. The highest BCUT2D eigenvalue weighted by molar-refractivity contribution is 5.89. The largest absolute Gasteiger partial charge is 0.480 e. The van der Waals surface area contributed by atoms with E-state index >= 15 is 0 Å². The Kier molecular flexibility index (Phi) is 5.36. The molecule has 0 saturated carbocycles. The van der Waals surface area contributed by atoms with Gasteiger partial charge in [-0.3, -0.25) is 4.79 Å². The van der Waals surface area contributed by atoms with Gasteiger partial charge in [0.2, 0.25) is 0 Å². The number of carbonyl (C=O) groups excluding carboxylic acids is 1. The highest BCUT2D eigenvalue weighted by atomic mass is 16.5. The fourth-order valence-corrected chi connectivity index (χ4v) is 3.22. The molecule has 1 atom stereocenters. The van der Waals surface area contributed by atoms with Gasteiger partial charge in [-0.1, -0.05) is 43.3 Å². The summed E-state index contributed by atoms with van der Waals surface area (Å²) in [6, 6.07) is 14.3. The molecule has 1 amide bonds. The van der Waals surface area contributed by atoms with Crippen molar-refractivity contribution in [3.63, 3.8) is 0 Å². The summed E-state index contributed by atoms with van der Waals surface area (Å²) in [6.45, 7) is 4.06. The van der Waals surface area contributed by atoms with Crippen molar-refractivity contribution in [3.05, 3.63) is 42.5 Å². The predicted molar refractivity (Wildman–Crippen MR) is 97.3 cm³/mol. The molecule has 0 spiro atoms. The van der Waals surface area contributed by atoms with Crippen molar-refractivity contribution in [1.82, 2.24) is 10.2 Å². The third kappa shape index (κ3) is 3.88. The first-order chi connectivity index (χ1) is 11.7. The maximum absolute atomic E-state index is 12.6. The molecule has 128 valence electrons. The van der Waals surface area contributed by atoms with Crippen molar-refractivity contribution in [2.75, 3.05) is 20.1 Å². The van der Waals surface area contributed by atoms with Gasteiger partial charge in [-0.05, 0) is 50.9 Å². The minimum absolute atomic E-state index is 0.0000118. The molecule has 1 heterocycles. The monoisotopic (exact) mass is 326 g/mol. The first-order valence-corrected chi connectivity index (χ1v) is 8.80. The summed E-state index contributed by atoms with van der Waals surface area (Å²) in [4.78, 5) is 14.9. The number of rotatable bonds is 5. The maximum atomic E-state index is 12.6. The maximum Gasteiger partial charge on any atom is 0.261 e. The van der Waals surface area contributed by atoms with Crippen LogP contribution >= 0.6 is 0 Å². The zero-order chi connectivity index (χ0) is 16.9. The van der Waals surface area contributed by atoms with Crippen molar-refractivity contribution in [2.45, 2.75) is 38.3 Å². The molecule has 1 N–H and O–H groups in total. The Bertz CT molecular complexity index is 688. The molecule has 1 aliphatic heterocycles. The van der Waals surface area contributed by atoms with Crippen LogP contribution in [0.4, 0.5) is 0 Å². The minimum Gasteiger partial charge on any atom is -0.480 e. The summed E-state index contributed by atoms with van der Waals surface area (Å²) in [5.41, 5.74) is 0. The van der Waals surface area contributed by atoms with Crippen LogP contribution in [0.25, 0.3) is 10.8 Å². The van der Waals surface area contributed by atoms with E-state index in [9.17, 15) is 4.79 Å². The number of nitrogens with one attached hydrogen (secondary N) is 1. The van der Waals surface area contributed by atoms with Crippen molar-refractivity contribution in [1.29, 1.82) is 0 Å². The average molecular weight is 326 g/mol. The number of hydrogen-bond acceptors (Lipinski definition) is 3. The third-order valence-electron chi connectivity index (χ3n) is 4.75. The van der Waals surface area contributed by atoms with Gasteiger partial charge < -0.3 is 15.0 Å². The second kappa shape index (κ2) is 7.67. The Morgan fingerprint density at radius 3 is 2.67 bits per heavy atom. The van der Waals surface area contributed by atoms with E-state index in [1.165, 1.54) is 0 Å². The molecule has 0 aliphatic carbocycles. The van der Waals surface area contributed by atoms with Crippen LogP contribution in [0.3, 0.4) is 0 Å². The summed E-state index contributed by atoms with van der Waals surface area (Å²) < 4.78 is 6.08. The van der Waals surface area contributed by atoms with Crippen LogP contribution in [-0.4, -0.2) is 43.1 Å².